The predicted molar refractivity (Wildman–Crippen MR) is 76.8 cm³/mol. The van der Waals surface area contributed by atoms with Crippen LogP contribution < -0.4 is 5.32 Å². The van der Waals surface area contributed by atoms with Crippen LogP contribution in [0.1, 0.15) is 39.2 Å². The molecule has 17 heavy (non-hydrogen) atoms. The highest BCUT2D eigenvalue weighted by Gasteiger charge is 2.22. The van der Waals surface area contributed by atoms with Gasteiger partial charge in [0.05, 0.1) is 0 Å². The lowest BCUT2D eigenvalue weighted by molar-refractivity contribution is 0.542. The molecule has 1 fully saturated rings. The largest absolute Gasteiger partial charge is 0.311 e. The van der Waals surface area contributed by atoms with Crippen molar-refractivity contribution in [2.24, 2.45) is 0 Å². The minimum Gasteiger partial charge on any atom is -0.311 e. The van der Waals surface area contributed by atoms with Crippen molar-refractivity contribution >= 4 is 11.8 Å². The molecule has 1 saturated carbocycles. The van der Waals surface area contributed by atoms with E-state index in [0.29, 0.717) is 11.3 Å². The molecule has 1 aromatic carbocycles. The second kappa shape index (κ2) is 5.92. The molecule has 1 unspecified atom stereocenters. The van der Waals surface area contributed by atoms with Gasteiger partial charge in [0.2, 0.25) is 0 Å². The van der Waals surface area contributed by atoms with Gasteiger partial charge in [0.15, 0.2) is 0 Å². The fraction of sp³-hybridized carbons (Fsp3) is 0.600. The first-order chi connectivity index (χ1) is 8.13. The van der Waals surface area contributed by atoms with Crippen LogP contribution in [-0.4, -0.2) is 17.3 Å². The van der Waals surface area contributed by atoms with E-state index in [0.717, 1.165) is 12.5 Å². The summed E-state index contributed by atoms with van der Waals surface area (Å²) in [5.74, 6) is 0. The van der Waals surface area contributed by atoms with Crippen LogP contribution in [0.5, 0.6) is 0 Å². The van der Waals surface area contributed by atoms with Crippen molar-refractivity contribution in [2.75, 3.05) is 0 Å². The molecular weight excluding hydrogens is 226 g/mol. The Balaban J connectivity index is 1.83. The number of nitrogens with one attached hydrogen (secondary N) is 1. The second-order valence-electron chi connectivity index (χ2n) is 5.36. The highest BCUT2D eigenvalue weighted by atomic mass is 32.2. The quantitative estimate of drug-likeness (QED) is 0.768. The maximum absolute atomic E-state index is 3.64. The Bertz CT molecular complexity index is 340. The van der Waals surface area contributed by atoms with Gasteiger partial charge in [-0.15, -0.1) is 11.8 Å². The topological polar surface area (TPSA) is 12.0 Å². The molecule has 0 aromatic heterocycles. The Labute approximate surface area is 109 Å². The van der Waals surface area contributed by atoms with E-state index < -0.39 is 0 Å². The van der Waals surface area contributed by atoms with E-state index in [2.05, 4.69) is 50.4 Å². The Morgan fingerprint density at radius 3 is 2.35 bits per heavy atom. The molecule has 1 N–H and O–H groups in total. The van der Waals surface area contributed by atoms with Crippen LogP contribution in [0.15, 0.2) is 29.2 Å². The molecule has 0 spiro atoms. The zero-order chi connectivity index (χ0) is 12.3. The molecule has 1 aromatic rings. The van der Waals surface area contributed by atoms with Gasteiger partial charge in [0.25, 0.3) is 0 Å². The number of thioether (sulfide) groups is 1. The van der Waals surface area contributed by atoms with Gasteiger partial charge in [-0.3, -0.25) is 0 Å². The lowest BCUT2D eigenvalue weighted by atomic mass is 10.1. The Hall–Kier alpha value is -0.470. The van der Waals surface area contributed by atoms with Crippen LogP contribution in [0.4, 0.5) is 0 Å². The van der Waals surface area contributed by atoms with E-state index in [1.807, 2.05) is 11.8 Å². The monoisotopic (exact) mass is 249 g/mol. The van der Waals surface area contributed by atoms with Crippen molar-refractivity contribution < 1.29 is 0 Å². The molecule has 94 valence electrons. The molecule has 0 radical (unpaired) electrons. The average molecular weight is 249 g/mol. The van der Waals surface area contributed by atoms with Crippen molar-refractivity contribution in [3.63, 3.8) is 0 Å². The van der Waals surface area contributed by atoms with E-state index in [-0.39, 0.29) is 0 Å². The van der Waals surface area contributed by atoms with Crippen molar-refractivity contribution in [3.05, 3.63) is 29.8 Å². The van der Waals surface area contributed by atoms with E-state index in [9.17, 15) is 0 Å². The van der Waals surface area contributed by atoms with Gasteiger partial charge in [-0.2, -0.15) is 0 Å². The molecule has 0 saturated heterocycles. The first kappa shape index (κ1) is 13.0. The Morgan fingerprint density at radius 2 is 1.82 bits per heavy atom. The third kappa shape index (κ3) is 4.72. The first-order valence-electron chi connectivity index (χ1n) is 6.65. The van der Waals surface area contributed by atoms with Gasteiger partial charge in [0.1, 0.15) is 0 Å². The third-order valence-corrected chi connectivity index (χ3v) is 3.95. The molecule has 1 atom stereocenters. The van der Waals surface area contributed by atoms with Gasteiger partial charge in [-0.1, -0.05) is 26.0 Å². The zero-order valence-electron chi connectivity index (χ0n) is 11.1. The molecule has 1 aliphatic carbocycles. The van der Waals surface area contributed by atoms with E-state index in [4.69, 9.17) is 0 Å². The van der Waals surface area contributed by atoms with Crippen LogP contribution in [0.3, 0.4) is 0 Å². The summed E-state index contributed by atoms with van der Waals surface area (Å²) >= 11 is 1.93. The van der Waals surface area contributed by atoms with Crippen molar-refractivity contribution in [2.45, 2.75) is 62.3 Å². The van der Waals surface area contributed by atoms with Crippen molar-refractivity contribution in [1.82, 2.24) is 5.32 Å². The van der Waals surface area contributed by atoms with Crippen molar-refractivity contribution in [3.8, 4) is 0 Å². The van der Waals surface area contributed by atoms with Crippen LogP contribution in [0, 0.1) is 0 Å². The maximum atomic E-state index is 3.64. The summed E-state index contributed by atoms with van der Waals surface area (Å²) in [6.45, 7) is 6.76. The van der Waals surface area contributed by atoms with Crippen molar-refractivity contribution in [1.29, 1.82) is 0 Å². The summed E-state index contributed by atoms with van der Waals surface area (Å²) in [7, 11) is 0. The van der Waals surface area contributed by atoms with E-state index in [1.54, 1.807) is 0 Å². The molecule has 2 rings (SSSR count). The highest BCUT2D eigenvalue weighted by Crippen LogP contribution is 2.24. The lowest BCUT2D eigenvalue weighted by Crippen LogP contribution is -2.29. The minimum atomic E-state index is 0.603. The summed E-state index contributed by atoms with van der Waals surface area (Å²) in [6, 6.07) is 10.5. The highest BCUT2D eigenvalue weighted by molar-refractivity contribution is 7.99. The van der Waals surface area contributed by atoms with Crippen LogP contribution in [0.2, 0.25) is 0 Å². The molecule has 0 bridgehead atoms. The summed E-state index contributed by atoms with van der Waals surface area (Å²) in [4.78, 5) is 1.38. The second-order valence-corrected chi connectivity index (χ2v) is 7.01. The standard InChI is InChI=1S/C15H23NS/c1-11(2)17-15-8-4-13(5-9-15)10-12(3)16-14-6-7-14/h4-5,8-9,11-12,14,16H,6-7,10H2,1-3H3. The summed E-state index contributed by atoms with van der Waals surface area (Å²) < 4.78 is 0. The molecule has 0 amide bonds. The van der Waals surface area contributed by atoms with Gasteiger partial charge >= 0.3 is 0 Å². The molecule has 0 aliphatic heterocycles. The molecule has 0 heterocycles. The number of hydrogen-bond acceptors (Lipinski definition) is 2. The van der Waals surface area contributed by atoms with E-state index in [1.165, 1.54) is 23.3 Å². The van der Waals surface area contributed by atoms with Crippen LogP contribution >= 0.6 is 11.8 Å². The van der Waals surface area contributed by atoms with Crippen LogP contribution in [0.25, 0.3) is 0 Å². The average Bonchev–Trinajstić information content (AvgIpc) is 3.04. The predicted octanol–water partition coefficient (Wildman–Crippen LogP) is 3.87. The molecule has 2 heteroatoms. The summed E-state index contributed by atoms with van der Waals surface area (Å²) in [6.07, 6.45) is 3.88. The number of rotatable bonds is 6. The fourth-order valence-electron chi connectivity index (χ4n) is 2.04. The van der Waals surface area contributed by atoms with Gasteiger partial charge in [0, 0.05) is 22.2 Å². The first-order valence-corrected chi connectivity index (χ1v) is 7.53. The normalized spacial score (nSPS) is 17.4. The minimum absolute atomic E-state index is 0.603. The van der Waals surface area contributed by atoms with E-state index >= 15 is 0 Å². The number of hydrogen-bond donors (Lipinski definition) is 1. The summed E-state index contributed by atoms with van der Waals surface area (Å²) in [5.41, 5.74) is 1.44. The summed E-state index contributed by atoms with van der Waals surface area (Å²) in [5, 5.41) is 4.31. The smallest absolute Gasteiger partial charge is 0.00817 e. The maximum Gasteiger partial charge on any atom is 0.00817 e. The zero-order valence-corrected chi connectivity index (χ0v) is 11.9. The fourth-order valence-corrected chi connectivity index (χ4v) is 2.88. The number of benzene rings is 1. The molecule has 1 nitrogen and oxygen atoms in total. The SMILES string of the molecule is CC(Cc1ccc(SC(C)C)cc1)NC1CC1. The molecule has 1 aliphatic rings. The molecular formula is C15H23NS. The Kier molecular flexibility index (Phi) is 4.52. The van der Waals surface area contributed by atoms with Crippen LogP contribution in [-0.2, 0) is 6.42 Å². The lowest BCUT2D eigenvalue weighted by Gasteiger charge is -2.13. The van der Waals surface area contributed by atoms with Gasteiger partial charge < -0.3 is 5.32 Å². The third-order valence-electron chi connectivity index (χ3n) is 2.93. The Morgan fingerprint density at radius 1 is 1.18 bits per heavy atom. The van der Waals surface area contributed by atoms with Gasteiger partial charge in [-0.05, 0) is 43.9 Å². The van der Waals surface area contributed by atoms with Gasteiger partial charge in [-0.25, -0.2) is 0 Å².